The summed E-state index contributed by atoms with van der Waals surface area (Å²) >= 11 is 0. The Labute approximate surface area is 97.2 Å². The summed E-state index contributed by atoms with van der Waals surface area (Å²) in [6.45, 7) is 2.37. The SMILES string of the molecule is c1cn(C2CCCC2)nc1CC1CCNC1. The fourth-order valence-electron chi connectivity index (χ4n) is 3.04. The Balaban J connectivity index is 1.62. The van der Waals surface area contributed by atoms with E-state index in [4.69, 9.17) is 5.10 Å². The van der Waals surface area contributed by atoms with Crippen LogP contribution in [0.15, 0.2) is 12.3 Å². The lowest BCUT2D eigenvalue weighted by Gasteiger charge is -2.09. The van der Waals surface area contributed by atoms with E-state index in [1.54, 1.807) is 0 Å². The molecule has 0 aromatic carbocycles. The first-order chi connectivity index (χ1) is 7.92. The highest BCUT2D eigenvalue weighted by Crippen LogP contribution is 2.29. The molecule has 0 spiro atoms. The van der Waals surface area contributed by atoms with Crippen molar-refractivity contribution in [1.82, 2.24) is 15.1 Å². The minimum absolute atomic E-state index is 0.690. The van der Waals surface area contributed by atoms with Crippen LogP contribution in [0.3, 0.4) is 0 Å². The van der Waals surface area contributed by atoms with E-state index in [9.17, 15) is 0 Å². The molecule has 3 nitrogen and oxygen atoms in total. The second-order valence-corrected chi connectivity index (χ2v) is 5.29. The molecule has 0 radical (unpaired) electrons. The lowest BCUT2D eigenvalue weighted by molar-refractivity contribution is 0.457. The maximum Gasteiger partial charge on any atom is 0.0628 e. The molecule has 1 aromatic rings. The van der Waals surface area contributed by atoms with E-state index in [0.29, 0.717) is 6.04 Å². The van der Waals surface area contributed by atoms with Gasteiger partial charge in [-0.15, -0.1) is 0 Å². The second kappa shape index (κ2) is 4.58. The van der Waals surface area contributed by atoms with Crippen molar-refractivity contribution in [2.24, 2.45) is 5.92 Å². The highest BCUT2D eigenvalue weighted by Gasteiger charge is 2.19. The highest BCUT2D eigenvalue weighted by atomic mass is 15.3. The van der Waals surface area contributed by atoms with Crippen LogP contribution in [0, 0.1) is 5.92 Å². The smallest absolute Gasteiger partial charge is 0.0628 e. The lowest BCUT2D eigenvalue weighted by Crippen LogP contribution is -2.11. The van der Waals surface area contributed by atoms with E-state index >= 15 is 0 Å². The molecule has 16 heavy (non-hydrogen) atoms. The molecule has 2 heterocycles. The molecule has 2 fully saturated rings. The Kier molecular flexibility index (Phi) is 2.96. The van der Waals surface area contributed by atoms with Crippen LogP contribution in [0.2, 0.25) is 0 Å². The standard InChI is InChI=1S/C13H21N3/c1-2-4-13(3-1)16-8-6-12(15-16)9-11-5-7-14-10-11/h6,8,11,13-14H,1-5,7,9-10H2. The van der Waals surface area contributed by atoms with Crippen molar-refractivity contribution in [1.29, 1.82) is 0 Å². The van der Waals surface area contributed by atoms with Gasteiger partial charge in [0.15, 0.2) is 0 Å². The quantitative estimate of drug-likeness (QED) is 0.844. The van der Waals surface area contributed by atoms with Crippen LogP contribution in [0.25, 0.3) is 0 Å². The monoisotopic (exact) mass is 219 g/mol. The molecule has 3 rings (SSSR count). The summed E-state index contributed by atoms with van der Waals surface area (Å²) in [5.74, 6) is 0.812. The molecule has 0 amide bonds. The van der Waals surface area contributed by atoms with Crippen molar-refractivity contribution >= 4 is 0 Å². The molecule has 2 aliphatic rings. The number of rotatable bonds is 3. The number of nitrogens with one attached hydrogen (secondary N) is 1. The van der Waals surface area contributed by atoms with E-state index < -0.39 is 0 Å². The molecule has 1 aliphatic heterocycles. The molecule has 1 unspecified atom stereocenters. The van der Waals surface area contributed by atoms with Gasteiger partial charge in [-0.25, -0.2) is 0 Å². The molecule has 1 N–H and O–H groups in total. The van der Waals surface area contributed by atoms with E-state index in [2.05, 4.69) is 22.3 Å². The van der Waals surface area contributed by atoms with Gasteiger partial charge in [0.05, 0.1) is 11.7 Å². The second-order valence-electron chi connectivity index (χ2n) is 5.29. The van der Waals surface area contributed by atoms with Crippen molar-refractivity contribution in [3.05, 3.63) is 18.0 Å². The van der Waals surface area contributed by atoms with E-state index in [-0.39, 0.29) is 0 Å². The zero-order valence-electron chi connectivity index (χ0n) is 9.86. The number of nitrogens with zero attached hydrogens (tertiary/aromatic N) is 2. The van der Waals surface area contributed by atoms with Gasteiger partial charge in [0.2, 0.25) is 0 Å². The summed E-state index contributed by atoms with van der Waals surface area (Å²) in [7, 11) is 0. The molecule has 0 bridgehead atoms. The fourth-order valence-corrected chi connectivity index (χ4v) is 3.04. The zero-order valence-corrected chi connectivity index (χ0v) is 9.86. The van der Waals surface area contributed by atoms with Crippen molar-refractivity contribution in [2.45, 2.75) is 44.6 Å². The average Bonchev–Trinajstić information content (AvgIpc) is 2.99. The normalized spacial score (nSPS) is 26.6. The number of hydrogen-bond acceptors (Lipinski definition) is 2. The molecule has 1 aromatic heterocycles. The number of hydrogen-bond donors (Lipinski definition) is 1. The Morgan fingerprint density at radius 2 is 2.19 bits per heavy atom. The molecule has 1 saturated carbocycles. The Bertz CT molecular complexity index is 333. The summed E-state index contributed by atoms with van der Waals surface area (Å²) in [5, 5.41) is 8.16. The van der Waals surface area contributed by atoms with Crippen LogP contribution in [-0.2, 0) is 6.42 Å². The van der Waals surface area contributed by atoms with Gasteiger partial charge in [-0.2, -0.15) is 5.10 Å². The summed E-state index contributed by atoms with van der Waals surface area (Å²) in [6.07, 6.45) is 10.1. The summed E-state index contributed by atoms with van der Waals surface area (Å²) in [4.78, 5) is 0. The van der Waals surface area contributed by atoms with Gasteiger partial charge in [0.25, 0.3) is 0 Å². The average molecular weight is 219 g/mol. The molecule has 1 saturated heterocycles. The maximum absolute atomic E-state index is 4.74. The van der Waals surface area contributed by atoms with Crippen LogP contribution >= 0.6 is 0 Å². The Morgan fingerprint density at radius 3 is 2.94 bits per heavy atom. The molecule has 1 aliphatic carbocycles. The molecular formula is C13H21N3. The van der Waals surface area contributed by atoms with Gasteiger partial charge >= 0.3 is 0 Å². The fraction of sp³-hybridized carbons (Fsp3) is 0.769. The first-order valence-corrected chi connectivity index (χ1v) is 6.66. The minimum atomic E-state index is 0.690. The molecule has 1 atom stereocenters. The Hall–Kier alpha value is -0.830. The first kappa shape index (κ1) is 10.3. The first-order valence-electron chi connectivity index (χ1n) is 6.66. The van der Waals surface area contributed by atoms with Gasteiger partial charge in [-0.1, -0.05) is 12.8 Å². The van der Waals surface area contributed by atoms with Gasteiger partial charge in [-0.05, 0) is 50.8 Å². The van der Waals surface area contributed by atoms with Gasteiger partial charge in [0, 0.05) is 6.20 Å². The molecule has 88 valence electrons. The van der Waals surface area contributed by atoms with Crippen LogP contribution in [0.1, 0.15) is 43.8 Å². The van der Waals surface area contributed by atoms with E-state index in [1.807, 2.05) is 0 Å². The highest BCUT2D eigenvalue weighted by molar-refractivity contribution is 5.02. The summed E-state index contributed by atoms with van der Waals surface area (Å²) in [5.41, 5.74) is 1.29. The van der Waals surface area contributed by atoms with E-state index in [1.165, 1.54) is 50.9 Å². The van der Waals surface area contributed by atoms with Crippen molar-refractivity contribution in [3.63, 3.8) is 0 Å². The van der Waals surface area contributed by atoms with Gasteiger partial charge in [-0.3, -0.25) is 4.68 Å². The summed E-state index contributed by atoms with van der Waals surface area (Å²) in [6, 6.07) is 2.91. The van der Waals surface area contributed by atoms with Crippen LogP contribution in [-0.4, -0.2) is 22.9 Å². The Morgan fingerprint density at radius 1 is 1.31 bits per heavy atom. The van der Waals surface area contributed by atoms with Gasteiger partial charge < -0.3 is 5.32 Å². The third kappa shape index (κ3) is 2.14. The minimum Gasteiger partial charge on any atom is -0.316 e. The predicted octanol–water partition coefficient (Wildman–Crippen LogP) is 2.15. The topological polar surface area (TPSA) is 29.9 Å². The van der Waals surface area contributed by atoms with E-state index in [0.717, 1.165) is 12.3 Å². The van der Waals surface area contributed by atoms with Crippen LogP contribution < -0.4 is 5.32 Å². The number of aromatic nitrogens is 2. The maximum atomic E-state index is 4.74. The largest absolute Gasteiger partial charge is 0.316 e. The van der Waals surface area contributed by atoms with Crippen molar-refractivity contribution in [2.75, 3.05) is 13.1 Å². The third-order valence-electron chi connectivity index (χ3n) is 4.02. The third-order valence-corrected chi connectivity index (χ3v) is 4.02. The van der Waals surface area contributed by atoms with Crippen molar-refractivity contribution in [3.8, 4) is 0 Å². The van der Waals surface area contributed by atoms with Crippen LogP contribution in [0.5, 0.6) is 0 Å². The molecule has 3 heteroatoms. The summed E-state index contributed by atoms with van der Waals surface area (Å²) < 4.78 is 2.21. The lowest BCUT2D eigenvalue weighted by atomic mass is 10.0. The van der Waals surface area contributed by atoms with Crippen LogP contribution in [0.4, 0.5) is 0 Å². The van der Waals surface area contributed by atoms with Crippen molar-refractivity contribution < 1.29 is 0 Å². The predicted molar refractivity (Wildman–Crippen MR) is 64.4 cm³/mol. The zero-order chi connectivity index (χ0) is 10.8. The molecular weight excluding hydrogens is 198 g/mol. The van der Waals surface area contributed by atoms with Gasteiger partial charge in [0.1, 0.15) is 0 Å².